The van der Waals surface area contributed by atoms with E-state index in [2.05, 4.69) is 0 Å². The van der Waals surface area contributed by atoms with Crippen molar-refractivity contribution in [3.8, 4) is 0 Å². The van der Waals surface area contributed by atoms with E-state index in [0.717, 1.165) is 12.1 Å². The standard InChI is InChI=1S/C11H12FNO4/c12-8-2-1-6(3-7(8)5-14)11(17)9(15)4-10(13)16/h1-3,5,9,11,15,17H,4H2,(H2,13,16). The minimum Gasteiger partial charge on any atom is -0.390 e. The van der Waals surface area contributed by atoms with E-state index in [4.69, 9.17) is 5.73 Å². The van der Waals surface area contributed by atoms with Crippen molar-refractivity contribution in [2.75, 3.05) is 0 Å². The molecular weight excluding hydrogens is 229 g/mol. The lowest BCUT2D eigenvalue weighted by Crippen LogP contribution is -2.25. The van der Waals surface area contributed by atoms with E-state index in [0.29, 0.717) is 6.29 Å². The van der Waals surface area contributed by atoms with Crippen molar-refractivity contribution in [2.45, 2.75) is 18.6 Å². The Labute approximate surface area is 96.7 Å². The molecule has 1 rings (SSSR count). The van der Waals surface area contributed by atoms with E-state index in [1.165, 1.54) is 6.07 Å². The van der Waals surface area contributed by atoms with Crippen molar-refractivity contribution in [2.24, 2.45) is 5.73 Å². The van der Waals surface area contributed by atoms with Gasteiger partial charge in [-0.15, -0.1) is 0 Å². The molecule has 0 spiro atoms. The van der Waals surface area contributed by atoms with Gasteiger partial charge in [-0.2, -0.15) is 0 Å². The molecule has 6 heteroatoms. The molecule has 0 saturated heterocycles. The van der Waals surface area contributed by atoms with Crippen LogP contribution in [0, 0.1) is 5.82 Å². The predicted octanol–water partition coefficient (Wildman–Crippen LogP) is -0.0921. The van der Waals surface area contributed by atoms with E-state index in [9.17, 15) is 24.2 Å². The lowest BCUT2D eigenvalue weighted by molar-refractivity contribution is -0.121. The Kier molecular flexibility index (Phi) is 4.30. The molecule has 0 aromatic heterocycles. The maximum Gasteiger partial charge on any atom is 0.220 e. The van der Waals surface area contributed by atoms with E-state index in [1.807, 2.05) is 0 Å². The van der Waals surface area contributed by atoms with Gasteiger partial charge in [-0.05, 0) is 17.7 Å². The Balaban J connectivity index is 2.92. The molecule has 4 N–H and O–H groups in total. The fraction of sp³-hybridized carbons (Fsp3) is 0.273. The summed E-state index contributed by atoms with van der Waals surface area (Å²) in [6.07, 6.45) is -2.92. The lowest BCUT2D eigenvalue weighted by Gasteiger charge is -2.17. The average Bonchev–Trinajstić information content (AvgIpc) is 2.27. The lowest BCUT2D eigenvalue weighted by atomic mass is 10.00. The molecule has 2 unspecified atom stereocenters. The van der Waals surface area contributed by atoms with Gasteiger partial charge in [-0.3, -0.25) is 9.59 Å². The summed E-state index contributed by atoms with van der Waals surface area (Å²) in [6.45, 7) is 0. The summed E-state index contributed by atoms with van der Waals surface area (Å²) in [7, 11) is 0. The molecule has 0 heterocycles. The van der Waals surface area contributed by atoms with Gasteiger partial charge >= 0.3 is 0 Å². The molecule has 0 radical (unpaired) electrons. The van der Waals surface area contributed by atoms with E-state index < -0.39 is 30.4 Å². The van der Waals surface area contributed by atoms with Crippen LogP contribution in [0.25, 0.3) is 0 Å². The number of hydrogen-bond donors (Lipinski definition) is 3. The SMILES string of the molecule is NC(=O)CC(O)C(O)c1ccc(F)c(C=O)c1. The van der Waals surface area contributed by atoms with Crippen LogP contribution < -0.4 is 5.73 Å². The summed E-state index contributed by atoms with van der Waals surface area (Å²) in [5.74, 6) is -1.49. The zero-order valence-electron chi connectivity index (χ0n) is 8.84. The van der Waals surface area contributed by atoms with Crippen LogP contribution in [-0.2, 0) is 4.79 Å². The van der Waals surface area contributed by atoms with Gasteiger partial charge in [-0.25, -0.2) is 4.39 Å². The molecule has 17 heavy (non-hydrogen) atoms. The highest BCUT2D eigenvalue weighted by molar-refractivity contribution is 5.76. The summed E-state index contributed by atoms with van der Waals surface area (Å²) >= 11 is 0. The number of rotatable bonds is 5. The first-order chi connectivity index (χ1) is 7.95. The molecular formula is C11H12FNO4. The Morgan fingerprint density at radius 2 is 2.12 bits per heavy atom. The normalized spacial score (nSPS) is 14.1. The highest BCUT2D eigenvalue weighted by Gasteiger charge is 2.21. The minimum atomic E-state index is -1.40. The smallest absolute Gasteiger partial charge is 0.220 e. The number of nitrogens with two attached hydrogens (primary N) is 1. The molecule has 2 atom stereocenters. The number of aldehydes is 1. The third kappa shape index (κ3) is 3.33. The molecule has 0 aliphatic carbocycles. The second kappa shape index (κ2) is 5.51. The van der Waals surface area contributed by atoms with E-state index in [-0.39, 0.29) is 11.1 Å². The summed E-state index contributed by atoms with van der Waals surface area (Å²) in [4.78, 5) is 21.0. The maximum absolute atomic E-state index is 13.0. The van der Waals surface area contributed by atoms with Crippen molar-refractivity contribution in [1.29, 1.82) is 0 Å². The number of carbonyl (C=O) groups excluding carboxylic acids is 2. The first kappa shape index (κ1) is 13.3. The molecule has 0 fully saturated rings. The number of aliphatic hydroxyl groups excluding tert-OH is 2. The quantitative estimate of drug-likeness (QED) is 0.627. The summed E-state index contributed by atoms with van der Waals surface area (Å²) in [5, 5.41) is 19.1. The first-order valence-corrected chi connectivity index (χ1v) is 4.84. The van der Waals surface area contributed by atoms with Crippen molar-refractivity contribution >= 4 is 12.2 Å². The topological polar surface area (TPSA) is 101 Å². The third-order valence-corrected chi connectivity index (χ3v) is 2.26. The van der Waals surface area contributed by atoms with E-state index >= 15 is 0 Å². The highest BCUT2D eigenvalue weighted by atomic mass is 19.1. The molecule has 1 aromatic carbocycles. The van der Waals surface area contributed by atoms with Gasteiger partial charge in [-0.1, -0.05) is 6.07 Å². The largest absolute Gasteiger partial charge is 0.390 e. The van der Waals surface area contributed by atoms with Crippen LogP contribution in [0.3, 0.4) is 0 Å². The van der Waals surface area contributed by atoms with Gasteiger partial charge in [0.05, 0.1) is 18.1 Å². The van der Waals surface area contributed by atoms with Crippen LogP contribution in [-0.4, -0.2) is 28.5 Å². The van der Waals surface area contributed by atoms with Gasteiger partial charge in [0.15, 0.2) is 6.29 Å². The molecule has 1 amide bonds. The fourth-order valence-corrected chi connectivity index (χ4v) is 1.38. The number of primary amides is 1. The maximum atomic E-state index is 13.0. The Hall–Kier alpha value is -1.79. The second-order valence-corrected chi connectivity index (χ2v) is 3.58. The molecule has 0 aliphatic rings. The van der Waals surface area contributed by atoms with Crippen LogP contribution in [0.5, 0.6) is 0 Å². The molecule has 92 valence electrons. The number of amides is 1. The molecule has 0 aliphatic heterocycles. The zero-order chi connectivity index (χ0) is 13.0. The Morgan fingerprint density at radius 1 is 1.47 bits per heavy atom. The molecule has 1 aromatic rings. The Morgan fingerprint density at radius 3 is 2.65 bits per heavy atom. The first-order valence-electron chi connectivity index (χ1n) is 4.84. The van der Waals surface area contributed by atoms with Crippen LogP contribution in [0.2, 0.25) is 0 Å². The molecule has 5 nitrogen and oxygen atoms in total. The van der Waals surface area contributed by atoms with Gasteiger partial charge in [0.25, 0.3) is 0 Å². The summed E-state index contributed by atoms with van der Waals surface area (Å²) in [5.41, 5.74) is 4.78. The molecule has 0 saturated carbocycles. The van der Waals surface area contributed by atoms with Gasteiger partial charge < -0.3 is 15.9 Å². The van der Waals surface area contributed by atoms with E-state index in [1.54, 1.807) is 0 Å². The Bertz CT molecular complexity index is 435. The van der Waals surface area contributed by atoms with Crippen molar-refractivity contribution in [1.82, 2.24) is 0 Å². The number of halogens is 1. The number of carbonyl (C=O) groups is 2. The summed E-state index contributed by atoms with van der Waals surface area (Å²) < 4.78 is 13.0. The zero-order valence-corrected chi connectivity index (χ0v) is 8.84. The third-order valence-electron chi connectivity index (χ3n) is 2.26. The van der Waals surface area contributed by atoms with Gasteiger partial charge in [0, 0.05) is 0 Å². The second-order valence-electron chi connectivity index (χ2n) is 3.58. The highest BCUT2D eigenvalue weighted by Crippen LogP contribution is 2.20. The van der Waals surface area contributed by atoms with Gasteiger partial charge in [0.2, 0.25) is 5.91 Å². The predicted molar refractivity (Wildman–Crippen MR) is 56.6 cm³/mol. The minimum absolute atomic E-state index is 0.141. The molecule has 0 bridgehead atoms. The average molecular weight is 241 g/mol. The van der Waals surface area contributed by atoms with Crippen molar-refractivity contribution in [3.05, 3.63) is 35.1 Å². The van der Waals surface area contributed by atoms with Crippen molar-refractivity contribution < 1.29 is 24.2 Å². The monoisotopic (exact) mass is 241 g/mol. The van der Waals surface area contributed by atoms with Crippen LogP contribution in [0.15, 0.2) is 18.2 Å². The van der Waals surface area contributed by atoms with Crippen LogP contribution in [0.1, 0.15) is 28.4 Å². The van der Waals surface area contributed by atoms with Crippen molar-refractivity contribution in [3.63, 3.8) is 0 Å². The summed E-state index contributed by atoms with van der Waals surface area (Å²) in [6, 6.07) is 3.33. The fourth-order valence-electron chi connectivity index (χ4n) is 1.38. The van der Waals surface area contributed by atoms with Crippen LogP contribution in [0.4, 0.5) is 4.39 Å². The van der Waals surface area contributed by atoms with Gasteiger partial charge in [0.1, 0.15) is 11.9 Å². The number of benzene rings is 1. The number of hydrogen-bond acceptors (Lipinski definition) is 4. The number of aliphatic hydroxyl groups is 2. The van der Waals surface area contributed by atoms with Crippen LogP contribution >= 0.6 is 0 Å².